The van der Waals surface area contributed by atoms with E-state index in [-0.39, 0.29) is 84.0 Å². The number of nitrogens with two attached hydrogens (primary N) is 2. The monoisotopic (exact) mass is 1970 g/mol. The first-order valence-corrected chi connectivity index (χ1v) is 54.7. The number of carbonyl (C=O) groups excluding carboxylic acids is 4. The molecule has 0 aliphatic carbocycles. The third kappa shape index (κ3) is 23.9. The van der Waals surface area contributed by atoms with E-state index < -0.39 is 0 Å². The van der Waals surface area contributed by atoms with Crippen molar-refractivity contribution in [1.29, 1.82) is 0 Å². The summed E-state index contributed by atoms with van der Waals surface area (Å²) in [5.74, 6) is 10.5. The van der Waals surface area contributed by atoms with Gasteiger partial charge in [0.1, 0.15) is 46.6 Å². The van der Waals surface area contributed by atoms with Gasteiger partial charge >= 0.3 is 0 Å². The number of aryl methyl sites for hydroxylation is 8. The lowest BCUT2D eigenvalue weighted by atomic mass is 9.93. The molecule has 8 fully saturated rings. The molecule has 146 heavy (non-hydrogen) atoms. The summed E-state index contributed by atoms with van der Waals surface area (Å²) >= 11 is 0. The van der Waals surface area contributed by atoms with E-state index in [4.69, 9.17) is 11.5 Å². The molecule has 4 N–H and O–H groups in total. The number of hydrogen-bond acceptors (Lipinski definition) is 16. The molecule has 8 aliphatic rings. The largest absolute Gasteiger partial charge is 0.337 e. The van der Waals surface area contributed by atoms with Crippen LogP contribution in [0.5, 0.6) is 0 Å². The van der Waals surface area contributed by atoms with Crippen molar-refractivity contribution in [3.8, 4) is 0 Å². The maximum absolute atomic E-state index is 14.5. The van der Waals surface area contributed by atoms with Gasteiger partial charge in [-0.3, -0.25) is 29.0 Å². The third-order valence-corrected chi connectivity index (χ3v) is 33.3. The summed E-state index contributed by atoms with van der Waals surface area (Å²) in [6.45, 7) is 40.1. The molecular weight excluding hydrogens is 1810 g/mol. The highest BCUT2D eigenvalue weighted by atomic mass is 16.2. The van der Waals surface area contributed by atoms with E-state index in [9.17, 15) is 19.2 Å². The number of amides is 4. The van der Waals surface area contributed by atoms with Crippen LogP contribution in [0.3, 0.4) is 0 Å². The number of hydrogen-bond donors (Lipinski definition) is 2. The minimum Gasteiger partial charge on any atom is -0.337 e. The van der Waals surface area contributed by atoms with Crippen LogP contribution in [0.4, 0.5) is 0 Å². The second-order valence-corrected chi connectivity index (χ2v) is 45.0. The molecular formula is C122H160N20O4. The Kier molecular flexibility index (Phi) is 34.0. The fourth-order valence-electron chi connectivity index (χ4n) is 25.9. The molecule has 772 valence electrons. The Labute approximate surface area is 867 Å². The summed E-state index contributed by atoms with van der Waals surface area (Å²) in [7, 11) is 0. The van der Waals surface area contributed by atoms with Crippen LogP contribution in [0.25, 0.3) is 0 Å². The van der Waals surface area contributed by atoms with E-state index in [1.165, 1.54) is 55.6 Å². The van der Waals surface area contributed by atoms with Crippen LogP contribution in [-0.2, 0) is 32.3 Å². The highest BCUT2D eigenvalue weighted by Crippen LogP contribution is 2.50. The highest BCUT2D eigenvalue weighted by Gasteiger charge is 2.51. The summed E-state index contributed by atoms with van der Waals surface area (Å²) in [5.41, 5.74) is 27.1. The van der Waals surface area contributed by atoms with Gasteiger partial charge in [0.15, 0.2) is 0 Å². The Balaban J connectivity index is 0.000000136. The van der Waals surface area contributed by atoms with Crippen LogP contribution in [0.1, 0.15) is 395 Å². The molecule has 0 saturated carbocycles. The Bertz CT molecular complexity index is 5860. The Hall–Kier alpha value is -12.0. The maximum atomic E-state index is 14.5. The summed E-state index contributed by atoms with van der Waals surface area (Å²) in [5, 5.41) is 35.4. The van der Waals surface area contributed by atoms with Crippen LogP contribution in [-0.4, -0.2) is 160 Å². The standard InChI is InChI=1S/2C38H47N5O.2C23H33N5O/c2*1-26(2)38-40-39-29(5)42(38)35-22-33-20-21-34(23-35)43(33)37(44)24-36(32-18-16-27(3)17-19-32)41(25-30-12-8-6-9-13-30)28(4)31-14-10-7-11-15-31;2*1-14(2)23-26-25-16(4)27(23)20-11-18-9-10-19(12-20)28(18)22(29)13-21(24)17-7-5-15(3)6-8-17/h2*6-19,26,28,33-36H,20-25H2,1-5H3;2*5-8,14,18-21H,9-13,24H2,1-4H3/t2*28-,33?,34?,35?,36+;2*18?,19?,20?,21-/m1100/s1. The molecule has 14 atom stereocenters. The minimum absolute atomic E-state index is 0.0525. The number of carbonyl (C=O) groups is 4. The zero-order valence-electron chi connectivity index (χ0n) is 89.9. The molecule has 0 spiro atoms. The number of rotatable bonds is 30. The van der Waals surface area contributed by atoms with Gasteiger partial charge in [0.2, 0.25) is 23.6 Å². The van der Waals surface area contributed by atoms with E-state index in [1.807, 2.05) is 38.1 Å². The molecule has 24 nitrogen and oxygen atoms in total. The molecule has 8 bridgehead atoms. The fraction of sp³-hybridized carbons (Fsp3) is 0.508. The molecule has 12 aromatic rings. The molecule has 8 aliphatic heterocycles. The normalized spacial score (nSPS) is 22.6. The second kappa shape index (κ2) is 47.0. The number of aromatic nitrogens is 12. The first kappa shape index (κ1) is 105. The first-order valence-electron chi connectivity index (χ1n) is 54.7. The van der Waals surface area contributed by atoms with Gasteiger partial charge < -0.3 is 49.3 Å². The Morgan fingerprint density at radius 3 is 0.685 bits per heavy atom. The lowest BCUT2D eigenvalue weighted by molar-refractivity contribution is -0.139. The average Bonchev–Trinajstić information content (AvgIpc) is 1.62. The lowest BCUT2D eigenvalue weighted by Gasteiger charge is -2.42. The summed E-state index contributed by atoms with van der Waals surface area (Å²) in [6.07, 6.45) is 18.2. The van der Waals surface area contributed by atoms with Crippen LogP contribution in [0.2, 0.25) is 0 Å². The van der Waals surface area contributed by atoms with Crippen molar-refractivity contribution < 1.29 is 19.2 Å². The van der Waals surface area contributed by atoms with Gasteiger partial charge in [-0.25, -0.2) is 0 Å². The van der Waals surface area contributed by atoms with Crippen molar-refractivity contribution in [3.05, 3.63) is 332 Å². The van der Waals surface area contributed by atoms with E-state index in [0.717, 1.165) is 174 Å². The zero-order chi connectivity index (χ0) is 103. The van der Waals surface area contributed by atoms with Crippen LogP contribution < -0.4 is 11.5 Å². The molecule has 4 aromatic heterocycles. The molecule has 8 saturated heterocycles. The minimum atomic E-state index is -0.243. The molecule has 24 heteroatoms. The van der Waals surface area contributed by atoms with Gasteiger partial charge in [-0.15, -0.1) is 40.8 Å². The summed E-state index contributed by atoms with van der Waals surface area (Å²) < 4.78 is 9.40. The molecule has 0 radical (unpaired) electrons. The maximum Gasteiger partial charge on any atom is 0.224 e. The van der Waals surface area contributed by atoms with Crippen molar-refractivity contribution in [2.45, 2.75) is 399 Å². The molecule has 12 heterocycles. The highest BCUT2D eigenvalue weighted by molar-refractivity contribution is 5.80. The predicted molar refractivity (Wildman–Crippen MR) is 579 cm³/mol. The lowest BCUT2D eigenvalue weighted by Crippen LogP contribution is -2.48. The Morgan fingerprint density at radius 1 is 0.260 bits per heavy atom. The average molecular weight is 1970 g/mol. The van der Waals surface area contributed by atoms with Crippen molar-refractivity contribution in [3.63, 3.8) is 0 Å². The number of benzene rings is 8. The van der Waals surface area contributed by atoms with Crippen molar-refractivity contribution in [1.82, 2.24) is 88.5 Å². The fourth-order valence-corrected chi connectivity index (χ4v) is 25.9. The van der Waals surface area contributed by atoms with Gasteiger partial charge in [-0.2, -0.15) is 0 Å². The van der Waals surface area contributed by atoms with Crippen LogP contribution >= 0.6 is 0 Å². The number of piperidine rings is 4. The van der Waals surface area contributed by atoms with E-state index in [0.29, 0.717) is 97.7 Å². The quantitative estimate of drug-likeness (QED) is 0.0424. The van der Waals surface area contributed by atoms with Gasteiger partial charge in [-0.1, -0.05) is 296 Å². The third-order valence-electron chi connectivity index (χ3n) is 33.3. The van der Waals surface area contributed by atoms with Gasteiger partial charge in [0.25, 0.3) is 0 Å². The first-order chi connectivity index (χ1) is 70.3. The van der Waals surface area contributed by atoms with Crippen LogP contribution in [0, 0.1) is 55.4 Å². The van der Waals surface area contributed by atoms with E-state index >= 15 is 0 Å². The van der Waals surface area contributed by atoms with Crippen molar-refractivity contribution >= 4 is 23.6 Å². The summed E-state index contributed by atoms with van der Waals surface area (Å²) in [6, 6.07) is 80.2. The van der Waals surface area contributed by atoms with Crippen molar-refractivity contribution in [2.24, 2.45) is 11.5 Å². The van der Waals surface area contributed by atoms with Crippen LogP contribution in [0.15, 0.2) is 218 Å². The van der Waals surface area contributed by atoms with Gasteiger partial charge in [0, 0.05) is 171 Å². The Morgan fingerprint density at radius 2 is 0.466 bits per heavy atom. The molecule has 20 rings (SSSR count). The van der Waals surface area contributed by atoms with E-state index in [1.54, 1.807) is 0 Å². The number of fused-ring (bicyclic) bond motifs is 8. The zero-order valence-corrected chi connectivity index (χ0v) is 89.9. The van der Waals surface area contributed by atoms with Gasteiger partial charge in [0.05, 0.1) is 0 Å². The van der Waals surface area contributed by atoms with E-state index in [2.05, 4.69) is 393 Å². The number of nitrogens with zero attached hydrogens (tertiary/aromatic N) is 18. The summed E-state index contributed by atoms with van der Waals surface area (Å²) in [4.78, 5) is 69.3. The smallest absolute Gasteiger partial charge is 0.224 e. The van der Waals surface area contributed by atoms with Gasteiger partial charge in [-0.05, 0) is 216 Å². The molecule has 8 unspecified atom stereocenters. The SMILES string of the molecule is Cc1ccc([C@@H](N)CC(=O)N2C3CCC2CC(n2c(C)nnc2C(C)C)C3)cc1.Cc1ccc([C@@H](N)CC(=O)N2C3CCC2CC(n2c(C)nnc2C(C)C)C3)cc1.Cc1ccc([C@H](CC(=O)N2C3CCC2CC(n2c(C)nnc2C(C)C)C3)N(Cc2ccccc2)[C@H](C)c2ccccc2)cc1.Cc1ccc([C@H](CC(=O)N2C3CCC2CC(n2c(C)nnc2C(C)C)C3)N(Cc2ccccc2)[C@H](C)c2ccccc2)cc1. The predicted octanol–water partition coefficient (Wildman–Crippen LogP) is 23.8. The molecule has 8 aromatic carbocycles. The molecule has 4 amide bonds. The van der Waals surface area contributed by atoms with Crippen molar-refractivity contribution in [2.75, 3.05) is 0 Å². The second-order valence-electron chi connectivity index (χ2n) is 45.0. The topological polar surface area (TPSA) is 263 Å².